The second-order valence-electron chi connectivity index (χ2n) is 5.69. The van der Waals surface area contributed by atoms with Gasteiger partial charge in [0.05, 0.1) is 10.6 Å². The predicted molar refractivity (Wildman–Crippen MR) is 100 cm³/mol. The van der Waals surface area contributed by atoms with Gasteiger partial charge in [0.2, 0.25) is 0 Å². The summed E-state index contributed by atoms with van der Waals surface area (Å²) in [5.74, 6) is -0.537. The number of hydrogen-bond donors (Lipinski definition) is 2. The number of carbonyl (C=O) groups excluding carboxylic acids is 2. The Kier molecular flexibility index (Phi) is 5.51. The molecule has 0 unspecified atom stereocenters. The summed E-state index contributed by atoms with van der Waals surface area (Å²) in [6.45, 7) is -0.234. The van der Waals surface area contributed by atoms with Gasteiger partial charge in [-0.15, -0.1) is 11.3 Å². The van der Waals surface area contributed by atoms with Gasteiger partial charge in [-0.3, -0.25) is 9.59 Å². The lowest BCUT2D eigenvalue weighted by Crippen LogP contribution is -2.22. The van der Waals surface area contributed by atoms with Gasteiger partial charge in [-0.05, 0) is 49.4 Å². The normalized spacial score (nSPS) is 13.2. The largest absolute Gasteiger partial charge is 0.482 e. The van der Waals surface area contributed by atoms with Crippen molar-refractivity contribution in [2.75, 3.05) is 11.9 Å². The van der Waals surface area contributed by atoms with Crippen LogP contribution in [-0.4, -0.2) is 18.4 Å². The number of ether oxygens (including phenoxy) is 1. The number of fused-ring (bicyclic) bond motifs is 1. The van der Waals surface area contributed by atoms with Gasteiger partial charge in [0.15, 0.2) is 6.61 Å². The minimum atomic E-state index is -0.517. The molecule has 0 spiro atoms. The topological polar surface area (TPSA) is 81.4 Å². The minimum Gasteiger partial charge on any atom is -0.482 e. The molecule has 25 heavy (non-hydrogen) atoms. The van der Waals surface area contributed by atoms with Crippen molar-refractivity contribution in [3.63, 3.8) is 0 Å². The highest BCUT2D eigenvalue weighted by molar-refractivity contribution is 7.17. The zero-order valence-electron chi connectivity index (χ0n) is 13.2. The maximum Gasteiger partial charge on any atom is 0.262 e. The van der Waals surface area contributed by atoms with E-state index >= 15 is 0 Å². The number of thiophene rings is 1. The zero-order chi connectivity index (χ0) is 18.0. The number of nitrogens with one attached hydrogen (secondary N) is 1. The number of anilines is 1. The first kappa shape index (κ1) is 18.0. The first-order valence-electron chi connectivity index (χ1n) is 7.77. The molecule has 0 saturated heterocycles. The molecule has 2 amide bonds. The van der Waals surface area contributed by atoms with Gasteiger partial charge >= 0.3 is 0 Å². The highest BCUT2D eigenvalue weighted by atomic mass is 35.5. The highest BCUT2D eigenvalue weighted by Gasteiger charge is 2.25. The standard InChI is InChI=1S/C17H16Cl2N2O3S/c18-9-5-6-12(11(19)7-9)24-8-14(22)21-17-15(16(20)23)10-3-1-2-4-13(10)25-17/h5-7H,1-4,8H2,(H2,20,23)(H,21,22). The van der Waals surface area contributed by atoms with Gasteiger partial charge in [0.1, 0.15) is 10.8 Å². The van der Waals surface area contributed by atoms with E-state index < -0.39 is 5.91 Å². The van der Waals surface area contributed by atoms with Crippen LogP contribution < -0.4 is 15.8 Å². The third kappa shape index (κ3) is 4.08. The molecule has 0 fully saturated rings. The van der Waals surface area contributed by atoms with Crippen molar-refractivity contribution in [1.82, 2.24) is 0 Å². The molecular formula is C17H16Cl2N2O3S. The molecule has 0 atom stereocenters. The summed E-state index contributed by atoms with van der Waals surface area (Å²) in [6.07, 6.45) is 3.83. The van der Waals surface area contributed by atoms with Crippen molar-refractivity contribution >= 4 is 51.4 Å². The fraction of sp³-hybridized carbons (Fsp3) is 0.294. The molecule has 0 bridgehead atoms. The maximum atomic E-state index is 12.2. The number of carbonyl (C=O) groups is 2. The lowest BCUT2D eigenvalue weighted by Gasteiger charge is -2.11. The molecule has 3 N–H and O–H groups in total. The van der Waals surface area contributed by atoms with Crippen molar-refractivity contribution in [2.24, 2.45) is 5.73 Å². The Balaban J connectivity index is 1.70. The van der Waals surface area contributed by atoms with Crippen LogP contribution in [0.15, 0.2) is 18.2 Å². The van der Waals surface area contributed by atoms with Crippen molar-refractivity contribution < 1.29 is 14.3 Å². The molecule has 8 heteroatoms. The second kappa shape index (κ2) is 7.64. The predicted octanol–water partition coefficient (Wildman–Crippen LogP) is 4.05. The average Bonchev–Trinajstić information content (AvgIpc) is 2.91. The second-order valence-corrected chi connectivity index (χ2v) is 7.64. The number of nitrogens with two attached hydrogens (primary N) is 1. The molecule has 0 saturated carbocycles. The molecule has 2 aromatic rings. The van der Waals surface area contributed by atoms with E-state index in [1.807, 2.05) is 0 Å². The van der Waals surface area contributed by atoms with Gasteiger partial charge in [-0.25, -0.2) is 0 Å². The molecule has 1 aliphatic rings. The summed E-state index contributed by atoms with van der Waals surface area (Å²) in [5, 5.41) is 4.04. The average molecular weight is 399 g/mol. The number of primary amides is 1. The first-order valence-corrected chi connectivity index (χ1v) is 9.35. The SMILES string of the molecule is NC(=O)c1c(NC(=O)COc2ccc(Cl)cc2Cl)sc2c1CCCC2. The molecule has 3 rings (SSSR count). The van der Waals surface area contributed by atoms with Crippen LogP contribution in [0.4, 0.5) is 5.00 Å². The third-order valence-electron chi connectivity index (χ3n) is 3.92. The van der Waals surface area contributed by atoms with E-state index in [1.165, 1.54) is 17.4 Å². The summed E-state index contributed by atoms with van der Waals surface area (Å²) in [7, 11) is 0. The number of aryl methyl sites for hydroxylation is 1. The Morgan fingerprint density at radius 2 is 2.00 bits per heavy atom. The molecule has 1 heterocycles. The molecule has 5 nitrogen and oxygen atoms in total. The minimum absolute atomic E-state index is 0.234. The Labute approximate surface area is 159 Å². The van der Waals surface area contributed by atoms with Crippen molar-refractivity contribution in [3.05, 3.63) is 44.2 Å². The molecule has 1 aromatic carbocycles. The van der Waals surface area contributed by atoms with Gasteiger partial charge in [0, 0.05) is 9.90 Å². The van der Waals surface area contributed by atoms with E-state index in [9.17, 15) is 9.59 Å². The summed E-state index contributed by atoms with van der Waals surface area (Å²) in [6, 6.07) is 4.75. The van der Waals surface area contributed by atoms with Crippen LogP contribution in [0.25, 0.3) is 0 Å². The van der Waals surface area contributed by atoms with Crippen molar-refractivity contribution in [1.29, 1.82) is 0 Å². The van der Waals surface area contributed by atoms with Gasteiger partial charge in [-0.2, -0.15) is 0 Å². The van der Waals surface area contributed by atoms with Gasteiger partial charge < -0.3 is 15.8 Å². The molecule has 0 radical (unpaired) electrons. The monoisotopic (exact) mass is 398 g/mol. The Bertz CT molecular complexity index is 836. The van der Waals surface area contributed by atoms with Crippen LogP contribution in [0.1, 0.15) is 33.6 Å². The number of hydrogen-bond acceptors (Lipinski definition) is 4. The summed E-state index contributed by atoms with van der Waals surface area (Å²) in [4.78, 5) is 25.1. The molecular weight excluding hydrogens is 383 g/mol. The molecule has 0 aliphatic heterocycles. The van der Waals surface area contributed by atoms with Crippen LogP contribution in [0.2, 0.25) is 10.0 Å². The number of halogens is 2. The van der Waals surface area contributed by atoms with Crippen LogP contribution in [0, 0.1) is 0 Å². The van der Waals surface area contributed by atoms with Gasteiger partial charge in [-0.1, -0.05) is 23.2 Å². The Hall–Kier alpha value is -1.76. The van der Waals surface area contributed by atoms with Crippen LogP contribution in [-0.2, 0) is 17.6 Å². The zero-order valence-corrected chi connectivity index (χ0v) is 15.6. The van der Waals surface area contributed by atoms with Crippen molar-refractivity contribution in [2.45, 2.75) is 25.7 Å². The summed E-state index contributed by atoms with van der Waals surface area (Å²) < 4.78 is 5.41. The van der Waals surface area contributed by atoms with E-state index in [4.69, 9.17) is 33.7 Å². The summed E-state index contributed by atoms with van der Waals surface area (Å²) >= 11 is 13.2. The smallest absolute Gasteiger partial charge is 0.262 e. The van der Waals surface area contributed by atoms with Crippen LogP contribution in [0.3, 0.4) is 0 Å². The summed E-state index contributed by atoms with van der Waals surface area (Å²) in [5.41, 5.74) is 6.91. The van der Waals surface area contributed by atoms with Crippen LogP contribution >= 0.6 is 34.5 Å². The number of benzene rings is 1. The van der Waals surface area contributed by atoms with Crippen LogP contribution in [0.5, 0.6) is 5.75 Å². The fourth-order valence-corrected chi connectivity index (χ4v) is 4.59. The maximum absolute atomic E-state index is 12.2. The first-order chi connectivity index (χ1) is 12.0. The van der Waals surface area contributed by atoms with Crippen molar-refractivity contribution in [3.8, 4) is 5.75 Å². The van der Waals surface area contributed by atoms with E-state index in [0.29, 0.717) is 26.4 Å². The quantitative estimate of drug-likeness (QED) is 0.796. The number of rotatable bonds is 5. The molecule has 132 valence electrons. The van der Waals surface area contributed by atoms with E-state index in [0.717, 1.165) is 36.1 Å². The van der Waals surface area contributed by atoms with E-state index in [1.54, 1.807) is 12.1 Å². The Morgan fingerprint density at radius 3 is 2.72 bits per heavy atom. The third-order valence-corrected chi connectivity index (χ3v) is 5.66. The number of amides is 2. The van der Waals surface area contributed by atoms with Gasteiger partial charge in [0.25, 0.3) is 11.8 Å². The lowest BCUT2D eigenvalue weighted by molar-refractivity contribution is -0.118. The van der Waals surface area contributed by atoms with E-state index in [-0.39, 0.29) is 12.5 Å². The fourth-order valence-electron chi connectivity index (χ4n) is 2.81. The van der Waals surface area contributed by atoms with E-state index in [2.05, 4.69) is 5.32 Å². The molecule has 1 aromatic heterocycles. The lowest BCUT2D eigenvalue weighted by atomic mass is 9.95. The highest BCUT2D eigenvalue weighted by Crippen LogP contribution is 2.37. The molecule has 1 aliphatic carbocycles. The Morgan fingerprint density at radius 1 is 1.24 bits per heavy atom.